The lowest BCUT2D eigenvalue weighted by molar-refractivity contribution is -0.704. The van der Waals surface area contributed by atoms with Crippen molar-refractivity contribution in [3.05, 3.63) is 54.4 Å². The normalized spacial score (nSPS) is 11.8. The Bertz CT molecular complexity index is 805. The van der Waals surface area contributed by atoms with Crippen LogP contribution in [0.2, 0.25) is 0 Å². The first-order valence-corrected chi connectivity index (χ1v) is 9.53. The molecule has 2 aromatic rings. The summed E-state index contributed by atoms with van der Waals surface area (Å²) in [4.78, 5) is 0. The summed E-state index contributed by atoms with van der Waals surface area (Å²) in [6, 6.07) is 13.1. The van der Waals surface area contributed by atoms with Crippen molar-refractivity contribution in [1.29, 1.82) is 0 Å². The predicted octanol–water partition coefficient (Wildman–Crippen LogP) is 2.93. The Kier molecular flexibility index (Phi) is 7.03. The van der Waals surface area contributed by atoms with Crippen LogP contribution in [0.3, 0.4) is 0 Å². The highest BCUT2D eigenvalue weighted by molar-refractivity contribution is 7.85. The molecule has 7 nitrogen and oxygen atoms in total. The van der Waals surface area contributed by atoms with E-state index in [1.165, 1.54) is 0 Å². The molecule has 0 aliphatic carbocycles. The van der Waals surface area contributed by atoms with Gasteiger partial charge in [-0.2, -0.15) is 18.6 Å². The summed E-state index contributed by atoms with van der Waals surface area (Å²) in [6.45, 7) is 1.08. The fourth-order valence-corrected chi connectivity index (χ4v) is 2.85. The minimum atomic E-state index is -3.89. The van der Waals surface area contributed by atoms with Crippen LogP contribution in [-0.2, 0) is 23.2 Å². The zero-order valence-corrected chi connectivity index (χ0v) is 14.9. The highest BCUT2D eigenvalue weighted by atomic mass is 32.2. The van der Waals surface area contributed by atoms with E-state index in [4.69, 9.17) is 9.29 Å². The summed E-state index contributed by atoms with van der Waals surface area (Å²) in [5.74, 6) is 0.553. The average Bonchev–Trinajstić information content (AvgIpc) is 2.59. The van der Waals surface area contributed by atoms with Crippen LogP contribution >= 0.6 is 0 Å². The Labute approximate surface area is 147 Å². The molecule has 0 radical (unpaired) electrons. The summed E-state index contributed by atoms with van der Waals surface area (Å²) in [5, 5.41) is 8.41. The van der Waals surface area contributed by atoms with Gasteiger partial charge in [-0.15, -0.1) is 0 Å². The minimum Gasteiger partial charge on any atom is -0.497 e. The Hall–Kier alpha value is -2.32. The van der Waals surface area contributed by atoms with Crippen molar-refractivity contribution in [3.8, 4) is 5.75 Å². The number of unbranched alkanes of at least 4 members (excludes halogenated alkanes) is 1. The summed E-state index contributed by atoms with van der Waals surface area (Å²) in [5.41, 5.74) is 1.73. The van der Waals surface area contributed by atoms with Crippen LogP contribution in [0.15, 0.2) is 58.9 Å². The van der Waals surface area contributed by atoms with E-state index < -0.39 is 10.1 Å². The number of hydrogen-bond acceptors (Lipinski definition) is 5. The molecule has 0 unspecified atom stereocenters. The van der Waals surface area contributed by atoms with Crippen molar-refractivity contribution in [3.63, 3.8) is 0 Å². The molecule has 0 atom stereocenters. The predicted molar refractivity (Wildman–Crippen MR) is 93.5 cm³/mol. The lowest BCUT2D eigenvalue weighted by Crippen LogP contribution is -2.37. The van der Waals surface area contributed by atoms with Crippen LogP contribution in [-0.4, -0.2) is 25.8 Å². The van der Waals surface area contributed by atoms with E-state index in [0.29, 0.717) is 25.9 Å². The second-order valence-corrected chi connectivity index (χ2v) is 7.05. The molecule has 2 rings (SSSR count). The van der Waals surface area contributed by atoms with Crippen molar-refractivity contribution in [1.82, 2.24) is 0 Å². The Morgan fingerprint density at radius 3 is 2.56 bits per heavy atom. The number of azo groups is 1. The minimum absolute atomic E-state index is 0.215. The van der Waals surface area contributed by atoms with Crippen LogP contribution in [0.5, 0.6) is 5.75 Å². The lowest BCUT2D eigenvalue weighted by Gasteiger charge is -2.02. The van der Waals surface area contributed by atoms with Crippen LogP contribution < -0.4 is 9.30 Å². The Morgan fingerprint density at radius 1 is 1.12 bits per heavy atom. The van der Waals surface area contributed by atoms with Gasteiger partial charge in [0.25, 0.3) is 10.1 Å². The van der Waals surface area contributed by atoms with E-state index >= 15 is 0 Å². The molecule has 25 heavy (non-hydrogen) atoms. The molecule has 0 amide bonds. The summed E-state index contributed by atoms with van der Waals surface area (Å²) in [7, 11) is -2.28. The molecule has 1 heterocycles. The van der Waals surface area contributed by atoms with Crippen LogP contribution in [0.25, 0.3) is 0 Å². The van der Waals surface area contributed by atoms with Gasteiger partial charge in [-0.05, 0) is 30.7 Å². The molecule has 0 spiro atoms. The summed E-state index contributed by atoms with van der Waals surface area (Å²) >= 11 is 0. The highest BCUT2D eigenvalue weighted by Crippen LogP contribution is 2.18. The van der Waals surface area contributed by atoms with Crippen molar-refractivity contribution < 1.29 is 22.3 Å². The van der Waals surface area contributed by atoms with Crippen LogP contribution in [0.1, 0.15) is 18.5 Å². The smallest absolute Gasteiger partial charge is 0.264 e. The standard InChI is InChI=1S/C17H21N3O4S/c1-24-17-9-7-15(8-10-17)19-18-14-16-6-2-3-11-20(16)12-4-5-13-25(21,22)23/h2-3,6-11H,4-5,12-14H2,1H3/p+1. The van der Waals surface area contributed by atoms with Gasteiger partial charge in [0.2, 0.25) is 5.69 Å². The van der Waals surface area contributed by atoms with Crippen LogP contribution in [0, 0.1) is 0 Å². The quantitative estimate of drug-likeness (QED) is 0.320. The van der Waals surface area contributed by atoms with Gasteiger partial charge in [-0.25, -0.2) is 4.57 Å². The summed E-state index contributed by atoms with van der Waals surface area (Å²) < 4.78 is 37.3. The van der Waals surface area contributed by atoms with E-state index in [0.717, 1.165) is 17.1 Å². The van der Waals surface area contributed by atoms with E-state index in [1.807, 2.05) is 53.2 Å². The zero-order valence-electron chi connectivity index (χ0n) is 14.1. The number of nitrogens with zero attached hydrogens (tertiary/aromatic N) is 3. The maximum atomic E-state index is 10.7. The third-order valence-electron chi connectivity index (χ3n) is 3.58. The molecular weight excluding hydrogens is 342 g/mol. The van der Waals surface area contributed by atoms with Gasteiger partial charge in [-0.3, -0.25) is 4.55 Å². The van der Waals surface area contributed by atoms with E-state index in [-0.39, 0.29) is 5.75 Å². The molecule has 1 N–H and O–H groups in total. The van der Waals surface area contributed by atoms with E-state index in [1.54, 1.807) is 7.11 Å². The lowest BCUT2D eigenvalue weighted by atomic mass is 10.3. The van der Waals surface area contributed by atoms with Crippen molar-refractivity contribution in [2.45, 2.75) is 25.9 Å². The Balaban J connectivity index is 1.91. The van der Waals surface area contributed by atoms with Gasteiger partial charge in [0.05, 0.1) is 18.6 Å². The van der Waals surface area contributed by atoms with E-state index in [2.05, 4.69) is 10.2 Å². The molecule has 0 fully saturated rings. The molecule has 8 heteroatoms. The summed E-state index contributed by atoms with van der Waals surface area (Å²) in [6.07, 6.45) is 2.98. The molecular formula is C17H22N3O4S+. The number of rotatable bonds is 9. The fraction of sp³-hybridized carbons (Fsp3) is 0.353. The monoisotopic (exact) mass is 364 g/mol. The molecule has 0 aliphatic heterocycles. The number of aromatic nitrogens is 1. The second-order valence-electron chi connectivity index (χ2n) is 5.48. The first-order valence-electron chi connectivity index (χ1n) is 7.92. The van der Waals surface area contributed by atoms with Gasteiger partial charge in [0.15, 0.2) is 6.20 Å². The molecule has 134 valence electrons. The average molecular weight is 364 g/mol. The molecule has 1 aromatic carbocycles. The number of methoxy groups -OCH3 is 1. The topological polar surface area (TPSA) is 92.2 Å². The molecule has 0 bridgehead atoms. The first-order chi connectivity index (χ1) is 12.0. The highest BCUT2D eigenvalue weighted by Gasteiger charge is 2.10. The van der Waals surface area contributed by atoms with Gasteiger partial charge in [0.1, 0.15) is 18.8 Å². The number of ether oxygens (including phenoxy) is 1. The van der Waals surface area contributed by atoms with Gasteiger partial charge in [0, 0.05) is 18.6 Å². The molecule has 0 saturated carbocycles. The van der Waals surface area contributed by atoms with Crippen molar-refractivity contribution >= 4 is 15.8 Å². The molecule has 0 saturated heterocycles. The van der Waals surface area contributed by atoms with Gasteiger partial charge < -0.3 is 4.74 Å². The number of hydrogen-bond donors (Lipinski definition) is 1. The van der Waals surface area contributed by atoms with Crippen LogP contribution in [0.4, 0.5) is 5.69 Å². The Morgan fingerprint density at radius 2 is 1.88 bits per heavy atom. The SMILES string of the molecule is COc1ccc(N=NCc2cccc[n+]2CCCCS(=O)(=O)O)cc1. The second kappa shape index (κ2) is 9.24. The zero-order chi connectivity index (χ0) is 18.1. The maximum Gasteiger partial charge on any atom is 0.264 e. The number of aryl methyl sites for hydroxylation is 1. The molecule has 1 aromatic heterocycles. The maximum absolute atomic E-state index is 10.7. The first kappa shape index (κ1) is 19.0. The molecule has 0 aliphatic rings. The third kappa shape index (κ3) is 6.98. The third-order valence-corrected chi connectivity index (χ3v) is 4.38. The largest absolute Gasteiger partial charge is 0.497 e. The van der Waals surface area contributed by atoms with E-state index in [9.17, 15) is 8.42 Å². The fourth-order valence-electron chi connectivity index (χ4n) is 2.28. The van der Waals surface area contributed by atoms with Crippen molar-refractivity contribution in [2.75, 3.05) is 12.9 Å². The number of pyridine rings is 1. The van der Waals surface area contributed by atoms with Gasteiger partial charge >= 0.3 is 0 Å². The number of benzene rings is 1. The van der Waals surface area contributed by atoms with Gasteiger partial charge in [-0.1, -0.05) is 6.07 Å². The van der Waals surface area contributed by atoms with Crippen molar-refractivity contribution in [2.24, 2.45) is 10.2 Å².